The molecule has 124 valence electrons. The minimum absolute atomic E-state index is 0.0755. The summed E-state index contributed by atoms with van der Waals surface area (Å²) in [6.45, 7) is 3.41. The first-order chi connectivity index (χ1) is 10.9. The first kappa shape index (κ1) is 15.9. The number of anilines is 2. The van der Waals surface area contributed by atoms with Crippen LogP contribution in [0.1, 0.15) is 0 Å². The molecule has 0 radical (unpaired) electrons. The SMILES string of the molecule is Nc1cc(N2CCN(CC3CN(C(=O)O)C3)C(=O)C2)ccc1Br. The molecule has 1 aromatic carbocycles. The second-order valence-corrected chi connectivity index (χ2v) is 6.88. The zero-order chi connectivity index (χ0) is 16.6. The van der Waals surface area contributed by atoms with Gasteiger partial charge in [-0.05, 0) is 34.1 Å². The normalized spacial score (nSPS) is 19.0. The number of hydrogen-bond donors (Lipinski definition) is 2. The average Bonchev–Trinajstić information content (AvgIpc) is 2.46. The highest BCUT2D eigenvalue weighted by Crippen LogP contribution is 2.26. The summed E-state index contributed by atoms with van der Waals surface area (Å²) in [5.74, 6) is 0.330. The number of piperazine rings is 1. The van der Waals surface area contributed by atoms with Crippen molar-refractivity contribution in [2.45, 2.75) is 0 Å². The Morgan fingerprint density at radius 3 is 2.70 bits per heavy atom. The number of carboxylic acid groups (broad SMARTS) is 1. The van der Waals surface area contributed by atoms with Gasteiger partial charge in [-0.1, -0.05) is 0 Å². The van der Waals surface area contributed by atoms with E-state index >= 15 is 0 Å². The van der Waals surface area contributed by atoms with Crippen LogP contribution in [-0.2, 0) is 4.79 Å². The van der Waals surface area contributed by atoms with Gasteiger partial charge in [0.1, 0.15) is 0 Å². The Hall–Kier alpha value is -1.96. The Kier molecular flexibility index (Phi) is 4.34. The Morgan fingerprint density at radius 2 is 2.09 bits per heavy atom. The summed E-state index contributed by atoms with van der Waals surface area (Å²) in [6, 6.07) is 5.69. The highest BCUT2D eigenvalue weighted by molar-refractivity contribution is 9.10. The van der Waals surface area contributed by atoms with Gasteiger partial charge >= 0.3 is 6.09 Å². The van der Waals surface area contributed by atoms with Crippen molar-refractivity contribution in [1.29, 1.82) is 0 Å². The molecule has 2 saturated heterocycles. The molecule has 0 spiro atoms. The standard InChI is InChI=1S/C15H19BrN4O3/c16-12-2-1-11(5-13(12)17)18-3-4-19(14(21)9-18)6-10-7-20(8-10)15(22)23/h1-2,5,10H,3-4,6-9,17H2,(H,22,23). The van der Waals surface area contributed by atoms with E-state index in [1.165, 1.54) is 4.90 Å². The summed E-state index contributed by atoms with van der Waals surface area (Å²) in [5.41, 5.74) is 7.49. The number of halogens is 1. The fourth-order valence-electron chi connectivity index (χ4n) is 3.00. The number of rotatable bonds is 3. The van der Waals surface area contributed by atoms with Gasteiger partial charge in [-0.15, -0.1) is 0 Å². The van der Waals surface area contributed by atoms with Crippen LogP contribution in [-0.4, -0.2) is 66.2 Å². The quantitative estimate of drug-likeness (QED) is 0.768. The lowest BCUT2D eigenvalue weighted by atomic mass is 10.00. The molecule has 23 heavy (non-hydrogen) atoms. The highest BCUT2D eigenvalue weighted by Gasteiger charge is 2.34. The smallest absolute Gasteiger partial charge is 0.407 e. The van der Waals surface area contributed by atoms with Gasteiger partial charge in [-0.3, -0.25) is 4.79 Å². The average molecular weight is 383 g/mol. The summed E-state index contributed by atoms with van der Waals surface area (Å²) in [7, 11) is 0. The van der Waals surface area contributed by atoms with Crippen LogP contribution in [0.25, 0.3) is 0 Å². The molecule has 2 heterocycles. The number of benzene rings is 1. The molecular formula is C15H19BrN4O3. The van der Waals surface area contributed by atoms with E-state index in [1.807, 2.05) is 28.0 Å². The second-order valence-electron chi connectivity index (χ2n) is 6.02. The number of hydrogen-bond acceptors (Lipinski definition) is 4. The molecule has 0 aromatic heterocycles. The van der Waals surface area contributed by atoms with E-state index in [0.29, 0.717) is 38.4 Å². The number of nitrogen functional groups attached to an aromatic ring is 1. The number of likely N-dealkylation sites (tertiary alicyclic amines) is 1. The van der Waals surface area contributed by atoms with E-state index in [2.05, 4.69) is 15.9 Å². The molecule has 1 aromatic rings. The first-order valence-electron chi connectivity index (χ1n) is 7.49. The molecular weight excluding hydrogens is 364 g/mol. The Balaban J connectivity index is 1.54. The maximum absolute atomic E-state index is 12.3. The number of carbonyl (C=O) groups excluding carboxylic acids is 1. The van der Waals surface area contributed by atoms with Gasteiger partial charge < -0.3 is 25.5 Å². The monoisotopic (exact) mass is 382 g/mol. The van der Waals surface area contributed by atoms with Gasteiger partial charge in [-0.25, -0.2) is 4.79 Å². The lowest BCUT2D eigenvalue weighted by Crippen LogP contribution is -2.57. The predicted octanol–water partition coefficient (Wildman–Crippen LogP) is 1.29. The first-order valence-corrected chi connectivity index (χ1v) is 8.29. The summed E-state index contributed by atoms with van der Waals surface area (Å²) < 4.78 is 0.846. The minimum atomic E-state index is -0.884. The van der Waals surface area contributed by atoms with E-state index in [-0.39, 0.29) is 11.8 Å². The Morgan fingerprint density at radius 1 is 1.35 bits per heavy atom. The molecule has 8 heteroatoms. The van der Waals surface area contributed by atoms with Crippen molar-refractivity contribution in [1.82, 2.24) is 9.80 Å². The number of nitrogens with two attached hydrogens (primary N) is 1. The van der Waals surface area contributed by atoms with Crippen molar-refractivity contribution in [3.63, 3.8) is 0 Å². The van der Waals surface area contributed by atoms with Gasteiger partial charge in [-0.2, -0.15) is 0 Å². The molecule has 3 N–H and O–H groups in total. The zero-order valence-corrected chi connectivity index (χ0v) is 14.2. The molecule has 0 bridgehead atoms. The Bertz CT molecular complexity index is 633. The molecule has 7 nitrogen and oxygen atoms in total. The molecule has 2 fully saturated rings. The van der Waals surface area contributed by atoms with Crippen molar-refractivity contribution >= 4 is 39.3 Å². The lowest BCUT2D eigenvalue weighted by molar-refractivity contribution is -0.132. The molecule has 0 aliphatic carbocycles. The van der Waals surface area contributed by atoms with Crippen molar-refractivity contribution in [3.05, 3.63) is 22.7 Å². The van der Waals surface area contributed by atoms with Crippen LogP contribution in [0.15, 0.2) is 22.7 Å². The van der Waals surface area contributed by atoms with Crippen LogP contribution in [0.2, 0.25) is 0 Å². The van der Waals surface area contributed by atoms with E-state index in [9.17, 15) is 9.59 Å². The molecule has 2 aliphatic rings. The molecule has 2 amide bonds. The molecule has 0 atom stereocenters. The fraction of sp³-hybridized carbons (Fsp3) is 0.467. The summed E-state index contributed by atoms with van der Waals surface area (Å²) in [6.07, 6.45) is -0.884. The van der Waals surface area contributed by atoms with Crippen molar-refractivity contribution in [2.75, 3.05) is 49.9 Å². The van der Waals surface area contributed by atoms with Crippen LogP contribution in [0.3, 0.4) is 0 Å². The maximum Gasteiger partial charge on any atom is 0.407 e. The van der Waals surface area contributed by atoms with Crippen molar-refractivity contribution in [2.24, 2.45) is 5.92 Å². The van der Waals surface area contributed by atoms with Crippen molar-refractivity contribution in [3.8, 4) is 0 Å². The van der Waals surface area contributed by atoms with Crippen LogP contribution < -0.4 is 10.6 Å². The molecule has 0 unspecified atom stereocenters. The van der Waals surface area contributed by atoms with Crippen molar-refractivity contribution < 1.29 is 14.7 Å². The fourth-order valence-corrected chi connectivity index (χ4v) is 3.25. The van der Waals surface area contributed by atoms with E-state index < -0.39 is 6.09 Å². The van der Waals surface area contributed by atoms with Gasteiger partial charge in [0, 0.05) is 54.5 Å². The molecule has 2 aliphatic heterocycles. The predicted molar refractivity (Wildman–Crippen MR) is 90.4 cm³/mol. The highest BCUT2D eigenvalue weighted by atomic mass is 79.9. The van der Waals surface area contributed by atoms with Crippen LogP contribution in [0, 0.1) is 5.92 Å². The number of amides is 2. The Labute approximate surface area is 142 Å². The third-order valence-electron chi connectivity index (χ3n) is 4.37. The van der Waals surface area contributed by atoms with Crippen LogP contribution in [0.5, 0.6) is 0 Å². The van der Waals surface area contributed by atoms with Gasteiger partial charge in [0.15, 0.2) is 0 Å². The van der Waals surface area contributed by atoms with E-state index in [1.54, 1.807) is 0 Å². The van der Waals surface area contributed by atoms with Gasteiger partial charge in [0.2, 0.25) is 5.91 Å². The summed E-state index contributed by atoms with van der Waals surface area (Å²) in [5, 5.41) is 8.84. The molecule has 3 rings (SSSR count). The third-order valence-corrected chi connectivity index (χ3v) is 5.09. The second kappa shape index (κ2) is 6.27. The maximum atomic E-state index is 12.3. The molecule has 0 saturated carbocycles. The van der Waals surface area contributed by atoms with Crippen LogP contribution >= 0.6 is 15.9 Å². The lowest BCUT2D eigenvalue weighted by Gasteiger charge is -2.42. The van der Waals surface area contributed by atoms with E-state index in [0.717, 1.165) is 16.7 Å². The van der Waals surface area contributed by atoms with Gasteiger partial charge in [0.05, 0.1) is 6.54 Å². The zero-order valence-electron chi connectivity index (χ0n) is 12.6. The summed E-state index contributed by atoms with van der Waals surface area (Å²) in [4.78, 5) is 28.3. The topological polar surface area (TPSA) is 90.1 Å². The van der Waals surface area contributed by atoms with E-state index in [4.69, 9.17) is 10.8 Å². The number of carbonyl (C=O) groups is 2. The van der Waals surface area contributed by atoms with Crippen LogP contribution in [0.4, 0.5) is 16.2 Å². The van der Waals surface area contributed by atoms with Gasteiger partial charge in [0.25, 0.3) is 0 Å². The third kappa shape index (κ3) is 3.36. The largest absolute Gasteiger partial charge is 0.465 e. The minimum Gasteiger partial charge on any atom is -0.465 e. The number of nitrogens with zero attached hydrogens (tertiary/aromatic N) is 3. The summed E-state index contributed by atoms with van der Waals surface area (Å²) >= 11 is 3.37.